The lowest BCUT2D eigenvalue weighted by Crippen LogP contribution is -2.50. The van der Waals surface area contributed by atoms with Crippen LogP contribution in [0.4, 0.5) is 0 Å². The van der Waals surface area contributed by atoms with E-state index in [1.165, 1.54) is 0 Å². The fourth-order valence-corrected chi connectivity index (χ4v) is 4.01. The minimum Gasteiger partial charge on any atom is -0.480 e. The van der Waals surface area contributed by atoms with Crippen molar-refractivity contribution in [2.45, 2.75) is 38.8 Å². The van der Waals surface area contributed by atoms with Crippen LogP contribution in [0, 0.1) is 13.8 Å². The van der Waals surface area contributed by atoms with Crippen molar-refractivity contribution in [1.29, 1.82) is 0 Å². The molecule has 2 saturated heterocycles. The third-order valence-electron chi connectivity index (χ3n) is 5.60. The summed E-state index contributed by atoms with van der Waals surface area (Å²) in [7, 11) is 0. The molecule has 0 spiro atoms. The fourth-order valence-electron chi connectivity index (χ4n) is 4.01. The van der Waals surface area contributed by atoms with Gasteiger partial charge in [-0.25, -0.2) is 0 Å². The molecule has 2 aliphatic heterocycles. The zero-order valence-corrected chi connectivity index (χ0v) is 14.7. The summed E-state index contributed by atoms with van der Waals surface area (Å²) in [5.74, 6) is -0.742. The molecule has 0 unspecified atom stereocenters. The Bertz CT molecular complexity index is 576. The monoisotopic (exact) mass is 332 g/mol. The van der Waals surface area contributed by atoms with Gasteiger partial charge in [0.05, 0.1) is 13.2 Å². The van der Waals surface area contributed by atoms with Crippen molar-refractivity contribution in [3.63, 3.8) is 0 Å². The number of likely N-dealkylation sites (tertiary alicyclic amines) is 1. The van der Waals surface area contributed by atoms with Gasteiger partial charge in [0.1, 0.15) is 6.04 Å². The van der Waals surface area contributed by atoms with Crippen molar-refractivity contribution in [2.75, 3.05) is 39.4 Å². The lowest BCUT2D eigenvalue weighted by Gasteiger charge is -2.41. The normalized spacial score (nSPS) is 22.4. The standard InChI is InChI=1S/C19H28N2O3/c1-14-4-3-5-17(15(14)2)18(19(22)23)21-8-6-16(7-9-21)20-10-12-24-13-11-20/h3-5,16,18H,6-13H2,1-2H3,(H,22,23)/t18-/m0/s1. The van der Waals surface area contributed by atoms with E-state index in [1.807, 2.05) is 32.0 Å². The third kappa shape index (κ3) is 3.63. The van der Waals surface area contributed by atoms with E-state index in [9.17, 15) is 9.90 Å². The molecule has 1 aromatic rings. The van der Waals surface area contributed by atoms with Crippen molar-refractivity contribution in [3.05, 3.63) is 34.9 Å². The van der Waals surface area contributed by atoms with Crippen LogP contribution in [0.25, 0.3) is 0 Å². The van der Waals surface area contributed by atoms with E-state index in [-0.39, 0.29) is 0 Å². The van der Waals surface area contributed by atoms with Crippen LogP contribution in [0.5, 0.6) is 0 Å². The first-order valence-electron chi connectivity index (χ1n) is 8.92. The van der Waals surface area contributed by atoms with Gasteiger partial charge >= 0.3 is 5.97 Å². The first-order chi connectivity index (χ1) is 11.6. The highest BCUT2D eigenvalue weighted by Gasteiger charge is 2.33. The molecule has 0 aromatic heterocycles. The largest absolute Gasteiger partial charge is 0.480 e. The van der Waals surface area contributed by atoms with Crippen LogP contribution in [0.2, 0.25) is 0 Å². The number of benzene rings is 1. The third-order valence-corrected chi connectivity index (χ3v) is 5.60. The Balaban J connectivity index is 1.70. The van der Waals surface area contributed by atoms with Gasteiger partial charge in [0, 0.05) is 32.2 Å². The molecule has 0 bridgehead atoms. The lowest BCUT2D eigenvalue weighted by molar-refractivity contribution is -0.144. The molecule has 1 aromatic carbocycles. The van der Waals surface area contributed by atoms with Gasteiger partial charge in [-0.05, 0) is 43.4 Å². The predicted octanol–water partition coefficient (Wildman–Crippen LogP) is 2.23. The van der Waals surface area contributed by atoms with Crippen LogP contribution >= 0.6 is 0 Å². The number of carboxylic acids is 1. The van der Waals surface area contributed by atoms with Crippen LogP contribution in [-0.2, 0) is 9.53 Å². The Kier molecular flexibility index (Phi) is 5.54. The summed E-state index contributed by atoms with van der Waals surface area (Å²) in [4.78, 5) is 16.6. The van der Waals surface area contributed by atoms with Crippen LogP contribution in [0.15, 0.2) is 18.2 Å². The molecule has 0 amide bonds. The second-order valence-corrected chi connectivity index (χ2v) is 6.95. The number of carbonyl (C=O) groups is 1. The Morgan fingerprint density at radius 1 is 1.17 bits per heavy atom. The Morgan fingerprint density at radius 2 is 1.83 bits per heavy atom. The molecule has 2 aliphatic rings. The quantitative estimate of drug-likeness (QED) is 0.916. The molecule has 132 valence electrons. The summed E-state index contributed by atoms with van der Waals surface area (Å²) in [5, 5.41) is 9.84. The summed E-state index contributed by atoms with van der Waals surface area (Å²) in [6.07, 6.45) is 2.07. The molecule has 0 saturated carbocycles. The molecule has 1 atom stereocenters. The zero-order chi connectivity index (χ0) is 17.1. The van der Waals surface area contributed by atoms with Gasteiger partial charge in [0.15, 0.2) is 0 Å². The van der Waals surface area contributed by atoms with Gasteiger partial charge in [-0.1, -0.05) is 18.2 Å². The van der Waals surface area contributed by atoms with Gasteiger partial charge < -0.3 is 9.84 Å². The Labute approximate surface area is 144 Å². The number of nitrogens with zero attached hydrogens (tertiary/aromatic N) is 2. The maximum Gasteiger partial charge on any atom is 0.325 e. The average molecular weight is 332 g/mol. The smallest absolute Gasteiger partial charge is 0.325 e. The van der Waals surface area contributed by atoms with E-state index in [0.29, 0.717) is 6.04 Å². The molecule has 1 N–H and O–H groups in total. The van der Waals surface area contributed by atoms with Crippen molar-refractivity contribution in [3.8, 4) is 0 Å². The van der Waals surface area contributed by atoms with Crippen LogP contribution in [-0.4, -0.2) is 66.3 Å². The number of hydrogen-bond acceptors (Lipinski definition) is 4. The number of ether oxygens (including phenoxy) is 1. The number of morpholine rings is 1. The minimum absolute atomic E-state index is 0.532. The highest BCUT2D eigenvalue weighted by molar-refractivity contribution is 5.76. The van der Waals surface area contributed by atoms with E-state index in [2.05, 4.69) is 9.80 Å². The van der Waals surface area contributed by atoms with Crippen molar-refractivity contribution < 1.29 is 14.6 Å². The summed E-state index contributed by atoms with van der Waals surface area (Å²) in [6.45, 7) is 9.40. The Hall–Kier alpha value is -1.43. The molecule has 5 heteroatoms. The second-order valence-electron chi connectivity index (χ2n) is 6.95. The van der Waals surface area contributed by atoms with Gasteiger partial charge in [-0.3, -0.25) is 14.6 Å². The number of aryl methyl sites for hydroxylation is 1. The molecule has 0 aliphatic carbocycles. The SMILES string of the molecule is Cc1cccc([C@@H](C(=O)O)N2CCC(N3CCOCC3)CC2)c1C. The van der Waals surface area contributed by atoms with E-state index < -0.39 is 12.0 Å². The summed E-state index contributed by atoms with van der Waals surface area (Å²) in [5.41, 5.74) is 3.19. The molecule has 5 nitrogen and oxygen atoms in total. The average Bonchev–Trinajstić information content (AvgIpc) is 2.60. The fraction of sp³-hybridized carbons (Fsp3) is 0.632. The zero-order valence-electron chi connectivity index (χ0n) is 14.7. The molecular weight excluding hydrogens is 304 g/mol. The molecule has 2 heterocycles. The molecular formula is C19H28N2O3. The predicted molar refractivity (Wildman–Crippen MR) is 93.3 cm³/mol. The van der Waals surface area contributed by atoms with Gasteiger partial charge in [-0.15, -0.1) is 0 Å². The number of hydrogen-bond donors (Lipinski definition) is 1. The maximum atomic E-state index is 12.0. The van der Waals surface area contributed by atoms with Crippen LogP contribution < -0.4 is 0 Å². The van der Waals surface area contributed by atoms with E-state index >= 15 is 0 Å². The van der Waals surface area contributed by atoms with Crippen molar-refractivity contribution in [1.82, 2.24) is 9.80 Å². The van der Waals surface area contributed by atoms with Crippen LogP contribution in [0.3, 0.4) is 0 Å². The first kappa shape index (κ1) is 17.4. The number of carboxylic acid groups (broad SMARTS) is 1. The van der Waals surface area contributed by atoms with E-state index in [1.54, 1.807) is 0 Å². The molecule has 0 radical (unpaired) electrons. The van der Waals surface area contributed by atoms with E-state index in [0.717, 1.165) is 68.9 Å². The Morgan fingerprint density at radius 3 is 2.46 bits per heavy atom. The molecule has 3 rings (SSSR count). The van der Waals surface area contributed by atoms with Gasteiger partial charge in [0.25, 0.3) is 0 Å². The second kappa shape index (κ2) is 7.64. The maximum absolute atomic E-state index is 12.0. The minimum atomic E-state index is -0.742. The van der Waals surface area contributed by atoms with Gasteiger partial charge in [0.2, 0.25) is 0 Å². The number of aliphatic carboxylic acids is 1. The topological polar surface area (TPSA) is 53.0 Å². The highest BCUT2D eigenvalue weighted by Crippen LogP contribution is 2.30. The summed E-state index contributed by atoms with van der Waals surface area (Å²) in [6, 6.07) is 6.01. The summed E-state index contributed by atoms with van der Waals surface area (Å²) < 4.78 is 5.43. The van der Waals surface area contributed by atoms with E-state index in [4.69, 9.17) is 4.74 Å². The van der Waals surface area contributed by atoms with Crippen molar-refractivity contribution >= 4 is 5.97 Å². The highest BCUT2D eigenvalue weighted by atomic mass is 16.5. The number of rotatable bonds is 4. The lowest BCUT2D eigenvalue weighted by atomic mass is 9.93. The first-order valence-corrected chi connectivity index (χ1v) is 8.92. The van der Waals surface area contributed by atoms with Gasteiger partial charge in [-0.2, -0.15) is 0 Å². The number of piperidine rings is 1. The molecule has 24 heavy (non-hydrogen) atoms. The summed E-state index contributed by atoms with van der Waals surface area (Å²) >= 11 is 0. The molecule has 2 fully saturated rings. The van der Waals surface area contributed by atoms with Crippen LogP contribution in [0.1, 0.15) is 35.6 Å². The van der Waals surface area contributed by atoms with Crippen molar-refractivity contribution in [2.24, 2.45) is 0 Å².